The van der Waals surface area contributed by atoms with E-state index in [9.17, 15) is 0 Å². The zero-order chi connectivity index (χ0) is 20.0. The lowest BCUT2D eigenvalue weighted by molar-refractivity contribution is 0.410. The molecule has 0 unspecified atom stereocenters. The molecule has 0 atom stereocenters. The van der Waals surface area contributed by atoms with Gasteiger partial charge >= 0.3 is 0 Å². The molecule has 1 heterocycles. The van der Waals surface area contributed by atoms with Gasteiger partial charge in [-0.15, -0.1) is 0 Å². The van der Waals surface area contributed by atoms with Crippen molar-refractivity contribution in [2.75, 3.05) is 24.3 Å². The summed E-state index contributed by atoms with van der Waals surface area (Å²) in [6.45, 7) is 7.10. The molecule has 28 heavy (non-hydrogen) atoms. The number of methoxy groups -OCH3 is 1. The zero-order valence-electron chi connectivity index (χ0n) is 17.0. The summed E-state index contributed by atoms with van der Waals surface area (Å²) in [6, 6.07) is 20.1. The largest absolute Gasteiger partial charge is 0.496 e. The predicted octanol–water partition coefficient (Wildman–Crippen LogP) is 5.02. The van der Waals surface area contributed by atoms with Crippen molar-refractivity contribution in [2.45, 2.75) is 32.7 Å². The van der Waals surface area contributed by atoms with Crippen LogP contribution in [0.4, 0.5) is 11.6 Å². The first-order valence-corrected chi connectivity index (χ1v) is 9.53. The first-order chi connectivity index (χ1) is 13.4. The minimum atomic E-state index is -0.0863. The van der Waals surface area contributed by atoms with Crippen molar-refractivity contribution in [3.05, 3.63) is 66.2 Å². The van der Waals surface area contributed by atoms with Crippen LogP contribution in [0.2, 0.25) is 0 Å². The van der Waals surface area contributed by atoms with Crippen LogP contribution in [-0.4, -0.2) is 29.2 Å². The summed E-state index contributed by atoms with van der Waals surface area (Å²) in [4.78, 5) is 9.41. The zero-order valence-corrected chi connectivity index (χ0v) is 17.0. The third kappa shape index (κ3) is 5.46. The fourth-order valence-corrected chi connectivity index (χ4v) is 2.94. The Morgan fingerprint density at radius 2 is 1.57 bits per heavy atom. The standard InChI is InChI=1S/C23H28N4O/c1-23(2,3)27-21-16-20(25-22(26-21)18-11-6-5-7-12-18)24-15-14-17-10-8-9-13-19(17)28-4/h5-13,16H,14-15H2,1-4H3,(H2,24,25,26,27). The first kappa shape index (κ1) is 19.7. The van der Waals surface area contributed by atoms with Crippen LogP contribution in [0.15, 0.2) is 60.7 Å². The molecule has 0 amide bonds. The Morgan fingerprint density at radius 1 is 0.893 bits per heavy atom. The van der Waals surface area contributed by atoms with Crippen LogP contribution in [0.25, 0.3) is 11.4 Å². The summed E-state index contributed by atoms with van der Waals surface area (Å²) in [5, 5.41) is 6.88. The third-order valence-electron chi connectivity index (χ3n) is 4.15. The SMILES string of the molecule is COc1ccccc1CCNc1cc(NC(C)(C)C)nc(-c2ccccc2)n1. The number of anilines is 2. The highest BCUT2D eigenvalue weighted by atomic mass is 16.5. The molecule has 146 valence electrons. The van der Waals surface area contributed by atoms with Gasteiger partial charge in [0.05, 0.1) is 7.11 Å². The van der Waals surface area contributed by atoms with Crippen molar-refractivity contribution in [3.8, 4) is 17.1 Å². The average molecular weight is 377 g/mol. The predicted molar refractivity (Wildman–Crippen MR) is 116 cm³/mol. The number of para-hydroxylation sites is 1. The van der Waals surface area contributed by atoms with E-state index in [0.29, 0.717) is 5.82 Å². The van der Waals surface area contributed by atoms with E-state index in [0.717, 1.165) is 35.9 Å². The third-order valence-corrected chi connectivity index (χ3v) is 4.15. The molecule has 0 saturated heterocycles. The van der Waals surface area contributed by atoms with Gasteiger partial charge < -0.3 is 15.4 Å². The maximum absolute atomic E-state index is 5.44. The molecule has 0 radical (unpaired) electrons. The van der Waals surface area contributed by atoms with Crippen molar-refractivity contribution < 1.29 is 4.74 Å². The van der Waals surface area contributed by atoms with Gasteiger partial charge in [0.25, 0.3) is 0 Å². The maximum Gasteiger partial charge on any atom is 0.163 e. The van der Waals surface area contributed by atoms with Crippen LogP contribution in [0.5, 0.6) is 5.75 Å². The lowest BCUT2D eigenvalue weighted by Crippen LogP contribution is -2.27. The van der Waals surface area contributed by atoms with E-state index in [1.165, 1.54) is 5.56 Å². The maximum atomic E-state index is 5.44. The van der Waals surface area contributed by atoms with Crippen LogP contribution >= 0.6 is 0 Å². The van der Waals surface area contributed by atoms with Crippen molar-refractivity contribution >= 4 is 11.6 Å². The van der Waals surface area contributed by atoms with Gasteiger partial charge in [-0.3, -0.25) is 0 Å². The molecule has 0 spiro atoms. The monoisotopic (exact) mass is 376 g/mol. The second kappa shape index (κ2) is 8.74. The van der Waals surface area contributed by atoms with Gasteiger partial charge in [0.1, 0.15) is 17.4 Å². The fraction of sp³-hybridized carbons (Fsp3) is 0.304. The molecule has 0 aliphatic heterocycles. The summed E-state index contributed by atoms with van der Waals surface area (Å²) < 4.78 is 5.44. The Labute approximate surface area is 167 Å². The van der Waals surface area contributed by atoms with Crippen LogP contribution in [0, 0.1) is 0 Å². The number of hydrogen-bond acceptors (Lipinski definition) is 5. The molecule has 5 heteroatoms. The molecule has 0 bridgehead atoms. The molecule has 5 nitrogen and oxygen atoms in total. The Morgan fingerprint density at radius 3 is 2.29 bits per heavy atom. The van der Waals surface area contributed by atoms with Crippen LogP contribution in [0.3, 0.4) is 0 Å². The molecule has 0 fully saturated rings. The second-order valence-electron chi connectivity index (χ2n) is 7.69. The Hall–Kier alpha value is -3.08. The Kier molecular flexibility index (Phi) is 6.14. The molecule has 2 aromatic carbocycles. The van der Waals surface area contributed by atoms with E-state index in [1.807, 2.05) is 54.6 Å². The second-order valence-corrected chi connectivity index (χ2v) is 7.69. The van der Waals surface area contributed by atoms with E-state index in [1.54, 1.807) is 7.11 Å². The Bertz CT molecular complexity index is 904. The topological polar surface area (TPSA) is 59.1 Å². The van der Waals surface area contributed by atoms with Crippen molar-refractivity contribution in [2.24, 2.45) is 0 Å². The molecular formula is C23H28N4O. The number of rotatable bonds is 7. The van der Waals surface area contributed by atoms with Crippen LogP contribution < -0.4 is 15.4 Å². The molecule has 2 N–H and O–H groups in total. The fourth-order valence-electron chi connectivity index (χ4n) is 2.94. The first-order valence-electron chi connectivity index (χ1n) is 9.53. The van der Waals surface area contributed by atoms with E-state index < -0.39 is 0 Å². The number of hydrogen-bond donors (Lipinski definition) is 2. The van der Waals surface area contributed by atoms with Crippen LogP contribution in [0.1, 0.15) is 26.3 Å². The summed E-state index contributed by atoms with van der Waals surface area (Å²) in [5.74, 6) is 3.22. The van der Waals surface area contributed by atoms with Crippen molar-refractivity contribution in [3.63, 3.8) is 0 Å². The molecule has 0 aliphatic carbocycles. The van der Waals surface area contributed by atoms with E-state index in [2.05, 4.69) is 37.5 Å². The van der Waals surface area contributed by atoms with Gasteiger partial charge in [0, 0.05) is 23.7 Å². The minimum Gasteiger partial charge on any atom is -0.496 e. The van der Waals surface area contributed by atoms with Gasteiger partial charge in [-0.25, -0.2) is 9.97 Å². The van der Waals surface area contributed by atoms with Gasteiger partial charge in [0.2, 0.25) is 0 Å². The quantitative estimate of drug-likeness (QED) is 0.606. The summed E-state index contributed by atoms with van der Waals surface area (Å²) in [6.07, 6.45) is 0.844. The van der Waals surface area contributed by atoms with E-state index >= 15 is 0 Å². The lowest BCUT2D eigenvalue weighted by Gasteiger charge is -2.22. The molecular weight excluding hydrogens is 348 g/mol. The average Bonchev–Trinajstić information content (AvgIpc) is 2.67. The number of benzene rings is 2. The van der Waals surface area contributed by atoms with E-state index in [4.69, 9.17) is 14.7 Å². The highest BCUT2D eigenvalue weighted by molar-refractivity contribution is 5.61. The highest BCUT2D eigenvalue weighted by Gasteiger charge is 2.13. The van der Waals surface area contributed by atoms with Crippen LogP contribution in [-0.2, 0) is 6.42 Å². The molecule has 3 rings (SSSR count). The molecule has 0 saturated carbocycles. The van der Waals surface area contributed by atoms with Crippen molar-refractivity contribution in [1.82, 2.24) is 9.97 Å². The molecule has 3 aromatic rings. The highest BCUT2D eigenvalue weighted by Crippen LogP contribution is 2.23. The molecule has 1 aromatic heterocycles. The minimum absolute atomic E-state index is 0.0863. The number of ether oxygens (including phenoxy) is 1. The number of nitrogens with zero attached hydrogens (tertiary/aromatic N) is 2. The van der Waals surface area contributed by atoms with E-state index in [-0.39, 0.29) is 5.54 Å². The van der Waals surface area contributed by atoms with Gasteiger partial charge in [-0.1, -0.05) is 48.5 Å². The number of aromatic nitrogens is 2. The summed E-state index contributed by atoms with van der Waals surface area (Å²) in [5.41, 5.74) is 2.08. The normalized spacial score (nSPS) is 11.1. The van der Waals surface area contributed by atoms with Crippen molar-refractivity contribution in [1.29, 1.82) is 0 Å². The Balaban J connectivity index is 1.80. The van der Waals surface area contributed by atoms with Gasteiger partial charge in [0.15, 0.2) is 5.82 Å². The van der Waals surface area contributed by atoms with Gasteiger partial charge in [-0.05, 0) is 38.8 Å². The number of nitrogens with one attached hydrogen (secondary N) is 2. The van der Waals surface area contributed by atoms with Gasteiger partial charge in [-0.2, -0.15) is 0 Å². The smallest absolute Gasteiger partial charge is 0.163 e. The summed E-state index contributed by atoms with van der Waals surface area (Å²) >= 11 is 0. The summed E-state index contributed by atoms with van der Waals surface area (Å²) in [7, 11) is 1.70. The lowest BCUT2D eigenvalue weighted by atomic mass is 10.1. The molecule has 0 aliphatic rings.